The van der Waals surface area contributed by atoms with Gasteiger partial charge in [0.05, 0.1) is 6.21 Å². The molecule has 0 spiro atoms. The minimum absolute atomic E-state index is 0.181. The summed E-state index contributed by atoms with van der Waals surface area (Å²) in [6.45, 7) is 8.79. The van der Waals surface area contributed by atoms with Crippen molar-refractivity contribution in [2.45, 2.75) is 38.5 Å². The van der Waals surface area contributed by atoms with E-state index in [9.17, 15) is 8.42 Å². The maximum Gasteiger partial charge on any atom is 0.244 e. The second-order valence-electron chi connectivity index (χ2n) is 6.16. The second kappa shape index (κ2) is 8.91. The summed E-state index contributed by atoms with van der Waals surface area (Å²) in [7, 11) is -3.49. The summed E-state index contributed by atoms with van der Waals surface area (Å²) < 4.78 is 26.2. The third-order valence-electron chi connectivity index (χ3n) is 4.08. The molecule has 2 rings (SSSR count). The molecule has 0 aliphatic carbocycles. The van der Waals surface area contributed by atoms with E-state index in [-0.39, 0.29) is 4.90 Å². The Morgan fingerprint density at radius 3 is 2.27 bits per heavy atom. The molecule has 6 nitrogen and oxygen atoms in total. The quantitative estimate of drug-likeness (QED) is 0.565. The minimum Gasteiger partial charge on any atom is -0.261 e. The molecule has 1 heterocycles. The Labute approximate surface area is 156 Å². The van der Waals surface area contributed by atoms with E-state index >= 15 is 0 Å². The summed E-state index contributed by atoms with van der Waals surface area (Å²) in [5, 5.41) is 4.15. The molecule has 140 valence electrons. The standard InChI is InChI=1S/C19H26N4O2S/c1-5-23(6-2)26(24,25)18-11-12-19(20-14-18)22-21-13-16-7-9-17(10-8-16)15(3)4/h7-15H,5-6H2,1-4H3,(H,20,22)/b21-13+. The molecule has 0 amide bonds. The zero-order valence-electron chi connectivity index (χ0n) is 15.7. The van der Waals surface area contributed by atoms with Crippen LogP contribution in [0.5, 0.6) is 0 Å². The van der Waals surface area contributed by atoms with Crippen LogP contribution in [0.4, 0.5) is 5.82 Å². The average Bonchev–Trinajstić information content (AvgIpc) is 2.63. The number of pyridine rings is 1. The van der Waals surface area contributed by atoms with Crippen LogP contribution in [0.2, 0.25) is 0 Å². The van der Waals surface area contributed by atoms with Crippen LogP contribution in [0, 0.1) is 0 Å². The summed E-state index contributed by atoms with van der Waals surface area (Å²) in [4.78, 5) is 4.31. The number of benzene rings is 1. The molecule has 7 heteroatoms. The van der Waals surface area contributed by atoms with Gasteiger partial charge in [0.15, 0.2) is 0 Å². The molecule has 26 heavy (non-hydrogen) atoms. The van der Waals surface area contributed by atoms with Crippen LogP contribution in [0.1, 0.15) is 44.7 Å². The van der Waals surface area contributed by atoms with Crippen molar-refractivity contribution < 1.29 is 8.42 Å². The fourth-order valence-electron chi connectivity index (χ4n) is 2.45. The Bertz CT molecular complexity index is 825. The molecule has 0 fully saturated rings. The molecule has 0 aliphatic heterocycles. The lowest BCUT2D eigenvalue weighted by molar-refractivity contribution is 0.445. The molecule has 0 unspecified atom stereocenters. The summed E-state index contributed by atoms with van der Waals surface area (Å²) in [6, 6.07) is 11.3. The first-order valence-electron chi connectivity index (χ1n) is 8.73. The highest BCUT2D eigenvalue weighted by molar-refractivity contribution is 7.89. The van der Waals surface area contributed by atoms with E-state index in [1.165, 1.54) is 22.1 Å². The lowest BCUT2D eigenvalue weighted by atomic mass is 10.0. The van der Waals surface area contributed by atoms with E-state index in [0.29, 0.717) is 24.8 Å². The first-order valence-corrected chi connectivity index (χ1v) is 10.2. The monoisotopic (exact) mass is 374 g/mol. The zero-order valence-corrected chi connectivity index (χ0v) is 16.5. The molecule has 0 radical (unpaired) electrons. The Kier molecular flexibility index (Phi) is 6.88. The van der Waals surface area contributed by atoms with Crippen LogP contribution < -0.4 is 5.43 Å². The molecule has 1 aromatic carbocycles. The SMILES string of the molecule is CCN(CC)S(=O)(=O)c1ccc(N/N=C/c2ccc(C(C)C)cc2)nc1. The Balaban J connectivity index is 2.03. The smallest absolute Gasteiger partial charge is 0.244 e. The number of aromatic nitrogens is 1. The summed E-state index contributed by atoms with van der Waals surface area (Å²) in [5.74, 6) is 0.980. The lowest BCUT2D eigenvalue weighted by Gasteiger charge is -2.18. The number of sulfonamides is 1. The van der Waals surface area contributed by atoms with Gasteiger partial charge in [0.1, 0.15) is 10.7 Å². The Hall–Kier alpha value is -2.25. The van der Waals surface area contributed by atoms with Crippen molar-refractivity contribution in [2.24, 2.45) is 5.10 Å². The van der Waals surface area contributed by atoms with Gasteiger partial charge in [-0.05, 0) is 29.2 Å². The van der Waals surface area contributed by atoms with Crippen molar-refractivity contribution >= 4 is 22.1 Å². The molecule has 0 aliphatic rings. The van der Waals surface area contributed by atoms with Crippen molar-refractivity contribution in [3.63, 3.8) is 0 Å². The summed E-state index contributed by atoms with van der Waals surface area (Å²) >= 11 is 0. The molecule has 1 N–H and O–H groups in total. The van der Waals surface area contributed by atoms with Gasteiger partial charge in [-0.25, -0.2) is 13.4 Å². The first kappa shape index (κ1) is 20.1. The topological polar surface area (TPSA) is 74.7 Å². The third kappa shape index (κ3) is 4.89. The van der Waals surface area contributed by atoms with Gasteiger partial charge in [0.25, 0.3) is 0 Å². The number of rotatable bonds is 8. The maximum atomic E-state index is 12.4. The van der Waals surface area contributed by atoms with Crippen molar-refractivity contribution in [2.75, 3.05) is 18.5 Å². The van der Waals surface area contributed by atoms with Gasteiger partial charge in [-0.15, -0.1) is 0 Å². The molecule has 0 bridgehead atoms. The van der Waals surface area contributed by atoms with E-state index < -0.39 is 10.0 Å². The molecular weight excluding hydrogens is 348 g/mol. The van der Waals surface area contributed by atoms with Crippen LogP contribution in [0.3, 0.4) is 0 Å². The molecule has 0 atom stereocenters. The lowest BCUT2D eigenvalue weighted by Crippen LogP contribution is -2.30. The van der Waals surface area contributed by atoms with Gasteiger partial charge in [-0.2, -0.15) is 9.41 Å². The van der Waals surface area contributed by atoms with Crippen LogP contribution in [0.15, 0.2) is 52.6 Å². The van der Waals surface area contributed by atoms with Crippen molar-refractivity contribution in [1.82, 2.24) is 9.29 Å². The maximum absolute atomic E-state index is 12.4. The van der Waals surface area contributed by atoms with Gasteiger partial charge >= 0.3 is 0 Å². The first-order chi connectivity index (χ1) is 12.4. The van der Waals surface area contributed by atoms with Crippen molar-refractivity contribution in [3.05, 3.63) is 53.7 Å². The van der Waals surface area contributed by atoms with E-state index in [2.05, 4.69) is 41.5 Å². The summed E-state index contributed by atoms with van der Waals surface area (Å²) in [5.41, 5.74) is 5.07. The Morgan fingerprint density at radius 2 is 1.77 bits per heavy atom. The van der Waals surface area contributed by atoms with E-state index in [4.69, 9.17) is 0 Å². The highest BCUT2D eigenvalue weighted by atomic mass is 32.2. The molecular formula is C19H26N4O2S. The number of nitrogens with one attached hydrogen (secondary N) is 1. The Morgan fingerprint density at radius 1 is 1.12 bits per heavy atom. The number of anilines is 1. The van der Waals surface area contributed by atoms with Gasteiger partial charge in [-0.1, -0.05) is 52.0 Å². The average molecular weight is 375 g/mol. The molecule has 2 aromatic rings. The fraction of sp³-hybridized carbons (Fsp3) is 0.368. The van der Waals surface area contributed by atoms with Crippen LogP contribution in [0.25, 0.3) is 0 Å². The van der Waals surface area contributed by atoms with Crippen molar-refractivity contribution in [1.29, 1.82) is 0 Å². The van der Waals surface area contributed by atoms with E-state index in [1.807, 2.05) is 26.0 Å². The van der Waals surface area contributed by atoms with E-state index in [0.717, 1.165) is 5.56 Å². The van der Waals surface area contributed by atoms with Crippen molar-refractivity contribution in [3.8, 4) is 0 Å². The largest absolute Gasteiger partial charge is 0.261 e. The highest BCUT2D eigenvalue weighted by Gasteiger charge is 2.21. The number of nitrogens with zero attached hydrogens (tertiary/aromatic N) is 3. The van der Waals surface area contributed by atoms with Gasteiger partial charge in [0.2, 0.25) is 10.0 Å². The number of hydrogen-bond acceptors (Lipinski definition) is 5. The number of hydrazone groups is 1. The fourth-order valence-corrected chi connectivity index (χ4v) is 3.86. The third-order valence-corrected chi connectivity index (χ3v) is 6.11. The van der Waals surface area contributed by atoms with Gasteiger partial charge in [-0.3, -0.25) is 5.43 Å². The second-order valence-corrected chi connectivity index (χ2v) is 8.10. The zero-order chi connectivity index (χ0) is 19.2. The van der Waals surface area contributed by atoms with E-state index in [1.54, 1.807) is 12.3 Å². The van der Waals surface area contributed by atoms with Crippen LogP contribution in [-0.2, 0) is 10.0 Å². The van der Waals surface area contributed by atoms with Crippen LogP contribution >= 0.6 is 0 Å². The minimum atomic E-state index is -3.49. The molecule has 0 saturated heterocycles. The number of hydrogen-bond donors (Lipinski definition) is 1. The van der Waals surface area contributed by atoms with Gasteiger partial charge in [0, 0.05) is 19.3 Å². The highest BCUT2D eigenvalue weighted by Crippen LogP contribution is 2.16. The predicted molar refractivity (Wildman–Crippen MR) is 106 cm³/mol. The molecule has 1 aromatic heterocycles. The molecule has 0 saturated carbocycles. The van der Waals surface area contributed by atoms with Crippen LogP contribution in [-0.4, -0.2) is 37.0 Å². The summed E-state index contributed by atoms with van der Waals surface area (Å²) in [6.07, 6.45) is 3.05. The predicted octanol–water partition coefficient (Wildman–Crippen LogP) is 3.68. The normalized spacial score (nSPS) is 12.2. The van der Waals surface area contributed by atoms with Gasteiger partial charge < -0.3 is 0 Å².